The van der Waals surface area contributed by atoms with Crippen molar-refractivity contribution in [1.82, 2.24) is 4.90 Å². The van der Waals surface area contributed by atoms with Gasteiger partial charge in [-0.2, -0.15) is 0 Å². The van der Waals surface area contributed by atoms with Crippen LogP contribution in [0.25, 0.3) is 0 Å². The van der Waals surface area contributed by atoms with Crippen molar-refractivity contribution < 1.29 is 4.79 Å². The number of rotatable bonds is 4. The van der Waals surface area contributed by atoms with Crippen molar-refractivity contribution in [3.63, 3.8) is 0 Å². The first kappa shape index (κ1) is 19.9. The molecule has 1 saturated heterocycles. The van der Waals surface area contributed by atoms with Crippen LogP contribution in [0.4, 0.5) is 5.69 Å². The second-order valence-corrected chi connectivity index (χ2v) is 7.26. The number of anilines is 1. The number of halogens is 2. The zero-order valence-electron chi connectivity index (χ0n) is 14.1. The van der Waals surface area contributed by atoms with Crippen LogP contribution in [-0.2, 0) is 4.79 Å². The number of aryl methyl sites for hydroxylation is 1. The smallest absolute Gasteiger partial charge is 0.238 e. The molecule has 0 aliphatic carbocycles. The second-order valence-electron chi connectivity index (χ2n) is 6.41. The number of nitrogens with zero attached hydrogens (tertiary/aromatic N) is 1. The van der Waals surface area contributed by atoms with E-state index in [-0.39, 0.29) is 30.3 Å². The predicted molar refractivity (Wildman–Crippen MR) is 108 cm³/mol. The molecule has 0 bridgehead atoms. The molecular weight excluding hydrogens is 402 g/mol. The molecule has 1 fully saturated rings. The van der Waals surface area contributed by atoms with Crippen LogP contribution in [0.2, 0.25) is 0 Å². The molecule has 0 unspecified atom stereocenters. The normalized spacial score (nSPS) is 20.1. The minimum Gasteiger partial charge on any atom is -0.326 e. The lowest BCUT2D eigenvalue weighted by Gasteiger charge is -2.16. The molecule has 3 rings (SSSR count). The zero-order chi connectivity index (χ0) is 17.1. The molecule has 0 aromatic heterocycles. The molecule has 1 aliphatic rings. The van der Waals surface area contributed by atoms with E-state index in [4.69, 9.17) is 5.73 Å². The second kappa shape index (κ2) is 8.81. The molecule has 1 amide bonds. The third-order valence-corrected chi connectivity index (χ3v) is 5.09. The van der Waals surface area contributed by atoms with Crippen LogP contribution in [0.1, 0.15) is 17.0 Å². The summed E-state index contributed by atoms with van der Waals surface area (Å²) in [5, 5.41) is 2.97. The molecule has 4 nitrogen and oxygen atoms in total. The van der Waals surface area contributed by atoms with E-state index in [0.29, 0.717) is 6.54 Å². The summed E-state index contributed by atoms with van der Waals surface area (Å²) in [6, 6.07) is 16.2. The molecule has 134 valence electrons. The van der Waals surface area contributed by atoms with Gasteiger partial charge in [0.25, 0.3) is 0 Å². The summed E-state index contributed by atoms with van der Waals surface area (Å²) < 4.78 is 0.899. The van der Waals surface area contributed by atoms with Gasteiger partial charge in [-0.1, -0.05) is 36.4 Å². The molecule has 3 N–H and O–H groups in total. The molecule has 1 aliphatic heterocycles. The Balaban J connectivity index is 0.00000225. The van der Waals surface area contributed by atoms with E-state index in [0.717, 1.165) is 28.8 Å². The maximum absolute atomic E-state index is 12.3. The summed E-state index contributed by atoms with van der Waals surface area (Å²) in [6.45, 7) is 3.93. The van der Waals surface area contributed by atoms with E-state index in [2.05, 4.69) is 38.3 Å². The number of amides is 1. The molecule has 2 aromatic rings. The Morgan fingerprint density at radius 1 is 1.24 bits per heavy atom. The predicted octanol–water partition coefficient (Wildman–Crippen LogP) is 3.54. The van der Waals surface area contributed by atoms with Gasteiger partial charge in [-0.05, 0) is 46.1 Å². The lowest BCUT2D eigenvalue weighted by atomic mass is 9.95. The average molecular weight is 425 g/mol. The Labute approximate surface area is 163 Å². The van der Waals surface area contributed by atoms with Crippen molar-refractivity contribution in [2.24, 2.45) is 5.73 Å². The highest BCUT2D eigenvalue weighted by Gasteiger charge is 2.32. The Morgan fingerprint density at radius 2 is 1.96 bits per heavy atom. The first-order valence-corrected chi connectivity index (χ1v) is 8.91. The Bertz CT molecular complexity index is 726. The number of carbonyl (C=O) groups is 1. The standard InChI is InChI=1S/C19H22BrN3O.ClH/c1-13-7-8-18(16(20)9-13)22-19(24)12-23-10-15(17(21)11-23)14-5-3-2-4-6-14;/h2-9,15,17H,10-12,21H2,1H3,(H,22,24);1H/t15-,17+;/m0./s1. The van der Waals surface area contributed by atoms with Gasteiger partial charge in [0, 0.05) is 29.5 Å². The van der Waals surface area contributed by atoms with E-state index in [1.807, 2.05) is 43.3 Å². The number of hydrogen-bond acceptors (Lipinski definition) is 3. The molecule has 0 radical (unpaired) electrons. The van der Waals surface area contributed by atoms with Crippen LogP contribution in [0, 0.1) is 6.92 Å². The highest BCUT2D eigenvalue weighted by atomic mass is 79.9. The fourth-order valence-electron chi connectivity index (χ4n) is 3.21. The summed E-state index contributed by atoms with van der Waals surface area (Å²) in [5.41, 5.74) is 9.48. The van der Waals surface area contributed by atoms with Gasteiger partial charge in [-0.3, -0.25) is 9.69 Å². The van der Waals surface area contributed by atoms with E-state index in [9.17, 15) is 4.79 Å². The Hall–Kier alpha value is -1.40. The Morgan fingerprint density at radius 3 is 2.64 bits per heavy atom. The average Bonchev–Trinajstić information content (AvgIpc) is 2.91. The van der Waals surface area contributed by atoms with Crippen LogP contribution < -0.4 is 11.1 Å². The quantitative estimate of drug-likeness (QED) is 0.789. The maximum atomic E-state index is 12.3. The molecule has 0 spiro atoms. The van der Waals surface area contributed by atoms with E-state index < -0.39 is 0 Å². The SMILES string of the molecule is Cc1ccc(NC(=O)CN2C[C@@H](N)[C@H](c3ccccc3)C2)c(Br)c1.Cl. The lowest BCUT2D eigenvalue weighted by Crippen LogP contribution is -2.33. The molecule has 2 aromatic carbocycles. The number of nitrogens with two attached hydrogens (primary N) is 1. The highest BCUT2D eigenvalue weighted by Crippen LogP contribution is 2.27. The summed E-state index contributed by atoms with van der Waals surface area (Å²) in [6.07, 6.45) is 0. The molecule has 2 atom stereocenters. The third kappa shape index (κ3) is 5.05. The summed E-state index contributed by atoms with van der Waals surface area (Å²) in [5.74, 6) is 0.269. The van der Waals surface area contributed by atoms with Crippen LogP contribution in [-0.4, -0.2) is 36.5 Å². The van der Waals surface area contributed by atoms with Gasteiger partial charge in [0.1, 0.15) is 0 Å². The van der Waals surface area contributed by atoms with Crippen molar-refractivity contribution >= 4 is 39.9 Å². The number of hydrogen-bond donors (Lipinski definition) is 2. The highest BCUT2D eigenvalue weighted by molar-refractivity contribution is 9.10. The summed E-state index contributed by atoms with van der Waals surface area (Å²) >= 11 is 3.49. The molecule has 25 heavy (non-hydrogen) atoms. The fourth-order valence-corrected chi connectivity index (χ4v) is 3.80. The summed E-state index contributed by atoms with van der Waals surface area (Å²) in [4.78, 5) is 14.5. The minimum atomic E-state index is -0.0135. The molecule has 6 heteroatoms. The van der Waals surface area contributed by atoms with Crippen LogP contribution in [0.3, 0.4) is 0 Å². The first-order valence-electron chi connectivity index (χ1n) is 8.12. The third-order valence-electron chi connectivity index (χ3n) is 4.43. The zero-order valence-corrected chi connectivity index (χ0v) is 16.5. The topological polar surface area (TPSA) is 58.4 Å². The monoisotopic (exact) mass is 423 g/mol. The van der Waals surface area contributed by atoms with E-state index in [1.54, 1.807) is 0 Å². The van der Waals surface area contributed by atoms with Crippen LogP contribution >= 0.6 is 28.3 Å². The van der Waals surface area contributed by atoms with E-state index >= 15 is 0 Å². The van der Waals surface area contributed by atoms with Gasteiger partial charge in [0.05, 0.1) is 12.2 Å². The largest absolute Gasteiger partial charge is 0.326 e. The number of likely N-dealkylation sites (tertiary alicyclic amines) is 1. The van der Waals surface area contributed by atoms with Crippen LogP contribution in [0.5, 0.6) is 0 Å². The van der Waals surface area contributed by atoms with Crippen LogP contribution in [0.15, 0.2) is 53.0 Å². The van der Waals surface area contributed by atoms with E-state index in [1.165, 1.54) is 5.56 Å². The molecule has 0 saturated carbocycles. The maximum Gasteiger partial charge on any atom is 0.238 e. The van der Waals surface area contributed by atoms with Crippen molar-refractivity contribution in [2.75, 3.05) is 25.0 Å². The molecular formula is C19H23BrClN3O. The van der Waals surface area contributed by atoms with Crippen molar-refractivity contribution in [3.05, 3.63) is 64.1 Å². The lowest BCUT2D eigenvalue weighted by molar-refractivity contribution is -0.117. The van der Waals surface area contributed by atoms with Crippen molar-refractivity contribution in [3.8, 4) is 0 Å². The van der Waals surface area contributed by atoms with Gasteiger partial charge in [0.15, 0.2) is 0 Å². The fraction of sp³-hybridized carbons (Fsp3) is 0.316. The minimum absolute atomic E-state index is 0. The van der Waals surface area contributed by atoms with Gasteiger partial charge in [0.2, 0.25) is 5.91 Å². The van der Waals surface area contributed by atoms with Gasteiger partial charge < -0.3 is 11.1 Å². The van der Waals surface area contributed by atoms with Crippen molar-refractivity contribution in [2.45, 2.75) is 18.9 Å². The Kier molecular flexibility index (Phi) is 7.02. The number of nitrogens with one attached hydrogen (secondary N) is 1. The number of benzene rings is 2. The summed E-state index contributed by atoms with van der Waals surface area (Å²) in [7, 11) is 0. The first-order chi connectivity index (χ1) is 11.5. The van der Waals surface area contributed by atoms with Gasteiger partial charge in [-0.25, -0.2) is 0 Å². The number of carbonyl (C=O) groups excluding carboxylic acids is 1. The van der Waals surface area contributed by atoms with Gasteiger partial charge in [-0.15, -0.1) is 12.4 Å². The molecule has 1 heterocycles. The van der Waals surface area contributed by atoms with Gasteiger partial charge >= 0.3 is 0 Å². The van der Waals surface area contributed by atoms with Crippen molar-refractivity contribution in [1.29, 1.82) is 0 Å².